The summed E-state index contributed by atoms with van der Waals surface area (Å²) < 4.78 is 11.3. The van der Waals surface area contributed by atoms with Crippen molar-refractivity contribution < 1.29 is 14.3 Å². The van der Waals surface area contributed by atoms with Crippen LogP contribution in [0.1, 0.15) is 17.2 Å². The minimum Gasteiger partial charge on any atom is -0.484 e. The molecule has 5 nitrogen and oxygen atoms in total. The highest BCUT2D eigenvalue weighted by atomic mass is 16.5. The number of ether oxygens (including phenoxy) is 2. The van der Waals surface area contributed by atoms with E-state index in [1.165, 1.54) is 0 Å². The molecule has 3 aromatic carbocycles. The maximum Gasteiger partial charge on any atom is 0.258 e. The molecule has 5 heteroatoms. The topological polar surface area (TPSA) is 60.5 Å². The quantitative estimate of drug-likeness (QED) is 0.436. The largest absolute Gasteiger partial charge is 0.484 e. The van der Waals surface area contributed by atoms with Crippen LogP contribution in [0.3, 0.4) is 0 Å². The van der Waals surface area contributed by atoms with E-state index in [1.54, 1.807) is 36.5 Å². The van der Waals surface area contributed by atoms with Gasteiger partial charge in [-0.1, -0.05) is 66.7 Å². The van der Waals surface area contributed by atoms with Gasteiger partial charge in [0.2, 0.25) is 5.88 Å². The number of benzene rings is 3. The molecule has 4 aromatic rings. The summed E-state index contributed by atoms with van der Waals surface area (Å²) in [4.78, 5) is 16.7. The Morgan fingerprint density at radius 2 is 1.32 bits per heavy atom. The Morgan fingerprint density at radius 1 is 0.742 bits per heavy atom. The third-order valence-electron chi connectivity index (χ3n) is 4.62. The average molecular weight is 410 g/mol. The van der Waals surface area contributed by atoms with Crippen LogP contribution in [0.25, 0.3) is 0 Å². The third kappa shape index (κ3) is 5.70. The summed E-state index contributed by atoms with van der Waals surface area (Å²) in [7, 11) is 0. The summed E-state index contributed by atoms with van der Waals surface area (Å²) in [5, 5.41) is 3.07. The van der Waals surface area contributed by atoms with Crippen molar-refractivity contribution >= 4 is 5.91 Å². The number of hydrogen-bond donors (Lipinski definition) is 1. The van der Waals surface area contributed by atoms with Crippen LogP contribution in [0.15, 0.2) is 109 Å². The average Bonchev–Trinajstić information content (AvgIpc) is 2.84. The van der Waals surface area contributed by atoms with Gasteiger partial charge in [-0.2, -0.15) is 0 Å². The molecule has 0 bridgehead atoms. The van der Waals surface area contributed by atoms with Crippen molar-refractivity contribution in [2.75, 3.05) is 6.61 Å². The standard InChI is InChI=1S/C26H22N2O3/c29-24(28-26(20-9-3-1-4-10-20)21-11-5-2-6-12-21)19-30-22-14-16-23(17-15-22)31-25-13-7-8-18-27-25/h1-18,26H,19H2,(H,28,29). The summed E-state index contributed by atoms with van der Waals surface area (Å²) in [5.74, 6) is 1.54. The van der Waals surface area contributed by atoms with E-state index in [1.807, 2.05) is 72.8 Å². The van der Waals surface area contributed by atoms with E-state index in [2.05, 4.69) is 10.3 Å². The molecule has 1 N–H and O–H groups in total. The van der Waals surface area contributed by atoms with E-state index in [9.17, 15) is 4.79 Å². The molecule has 154 valence electrons. The van der Waals surface area contributed by atoms with Gasteiger partial charge in [-0.3, -0.25) is 4.79 Å². The maximum absolute atomic E-state index is 12.6. The van der Waals surface area contributed by atoms with Gasteiger partial charge in [0.05, 0.1) is 6.04 Å². The van der Waals surface area contributed by atoms with Crippen molar-refractivity contribution in [1.82, 2.24) is 10.3 Å². The van der Waals surface area contributed by atoms with Gasteiger partial charge in [-0.25, -0.2) is 4.98 Å². The van der Waals surface area contributed by atoms with E-state index >= 15 is 0 Å². The number of amides is 1. The third-order valence-corrected chi connectivity index (χ3v) is 4.62. The number of pyridine rings is 1. The summed E-state index contributed by atoms with van der Waals surface area (Å²) in [6.07, 6.45) is 1.67. The number of rotatable bonds is 8. The molecule has 1 heterocycles. The molecule has 0 aliphatic rings. The monoisotopic (exact) mass is 410 g/mol. The lowest BCUT2D eigenvalue weighted by Crippen LogP contribution is -2.33. The molecule has 0 saturated carbocycles. The van der Waals surface area contributed by atoms with Crippen molar-refractivity contribution in [3.63, 3.8) is 0 Å². The Hall–Kier alpha value is -4.12. The van der Waals surface area contributed by atoms with Crippen LogP contribution in [-0.4, -0.2) is 17.5 Å². The van der Waals surface area contributed by atoms with Crippen molar-refractivity contribution in [3.05, 3.63) is 120 Å². The van der Waals surface area contributed by atoms with Gasteiger partial charge in [0.25, 0.3) is 5.91 Å². The molecule has 4 rings (SSSR count). The lowest BCUT2D eigenvalue weighted by atomic mass is 9.99. The fourth-order valence-electron chi connectivity index (χ4n) is 3.13. The zero-order chi connectivity index (χ0) is 21.3. The molecule has 0 unspecified atom stereocenters. The number of carbonyl (C=O) groups is 1. The Labute approximate surface area is 181 Å². The summed E-state index contributed by atoms with van der Waals surface area (Å²) in [6.45, 7) is -0.0867. The van der Waals surface area contributed by atoms with Gasteiger partial charge in [-0.05, 0) is 41.5 Å². The zero-order valence-corrected chi connectivity index (χ0v) is 16.8. The highest BCUT2D eigenvalue weighted by Gasteiger charge is 2.16. The Balaban J connectivity index is 1.36. The molecule has 1 aromatic heterocycles. The van der Waals surface area contributed by atoms with Gasteiger partial charge in [-0.15, -0.1) is 0 Å². The van der Waals surface area contributed by atoms with E-state index in [-0.39, 0.29) is 18.6 Å². The van der Waals surface area contributed by atoms with Gasteiger partial charge < -0.3 is 14.8 Å². The Bertz CT molecular complexity index is 1050. The second-order valence-corrected chi connectivity index (χ2v) is 6.85. The molecule has 0 spiro atoms. The molecular formula is C26H22N2O3. The van der Waals surface area contributed by atoms with E-state index in [0.717, 1.165) is 11.1 Å². The number of carbonyl (C=O) groups excluding carboxylic acids is 1. The van der Waals surface area contributed by atoms with Crippen LogP contribution >= 0.6 is 0 Å². The second-order valence-electron chi connectivity index (χ2n) is 6.85. The number of aromatic nitrogens is 1. The van der Waals surface area contributed by atoms with Crippen LogP contribution < -0.4 is 14.8 Å². The predicted molar refractivity (Wildman–Crippen MR) is 119 cm³/mol. The van der Waals surface area contributed by atoms with E-state index in [0.29, 0.717) is 17.4 Å². The minimum absolute atomic E-state index is 0.0867. The molecule has 1 amide bonds. The van der Waals surface area contributed by atoms with Crippen LogP contribution in [0, 0.1) is 0 Å². The summed E-state index contributed by atoms with van der Waals surface area (Å²) in [6, 6.07) is 32.1. The van der Waals surface area contributed by atoms with Gasteiger partial charge >= 0.3 is 0 Å². The van der Waals surface area contributed by atoms with Gasteiger partial charge in [0.15, 0.2) is 6.61 Å². The normalized spacial score (nSPS) is 10.5. The smallest absolute Gasteiger partial charge is 0.258 e. The molecule has 0 fully saturated rings. The Kier molecular flexibility index (Phi) is 6.55. The van der Waals surface area contributed by atoms with Gasteiger partial charge in [0.1, 0.15) is 11.5 Å². The van der Waals surface area contributed by atoms with Crippen molar-refractivity contribution in [1.29, 1.82) is 0 Å². The first-order valence-corrected chi connectivity index (χ1v) is 9.99. The van der Waals surface area contributed by atoms with Gasteiger partial charge in [0, 0.05) is 12.3 Å². The lowest BCUT2D eigenvalue weighted by molar-refractivity contribution is -0.123. The molecule has 31 heavy (non-hydrogen) atoms. The van der Waals surface area contributed by atoms with Crippen LogP contribution in [0.2, 0.25) is 0 Å². The fourth-order valence-corrected chi connectivity index (χ4v) is 3.13. The highest BCUT2D eigenvalue weighted by molar-refractivity contribution is 5.78. The number of nitrogens with one attached hydrogen (secondary N) is 1. The molecule has 0 radical (unpaired) electrons. The first kappa shape index (κ1) is 20.2. The zero-order valence-electron chi connectivity index (χ0n) is 16.8. The molecule has 0 atom stereocenters. The Morgan fingerprint density at radius 3 is 1.90 bits per heavy atom. The van der Waals surface area contributed by atoms with E-state index < -0.39 is 0 Å². The lowest BCUT2D eigenvalue weighted by Gasteiger charge is -2.20. The number of nitrogens with zero attached hydrogens (tertiary/aromatic N) is 1. The predicted octanol–water partition coefficient (Wildman–Crippen LogP) is 5.16. The number of hydrogen-bond acceptors (Lipinski definition) is 4. The van der Waals surface area contributed by atoms with Crippen LogP contribution in [-0.2, 0) is 4.79 Å². The molecule has 0 saturated heterocycles. The second kappa shape index (κ2) is 10.1. The van der Waals surface area contributed by atoms with Crippen molar-refractivity contribution in [3.8, 4) is 17.4 Å². The van der Waals surface area contributed by atoms with Crippen molar-refractivity contribution in [2.45, 2.75) is 6.04 Å². The maximum atomic E-state index is 12.6. The van der Waals surface area contributed by atoms with Crippen molar-refractivity contribution in [2.24, 2.45) is 0 Å². The van der Waals surface area contributed by atoms with Crippen LogP contribution in [0.4, 0.5) is 0 Å². The summed E-state index contributed by atoms with van der Waals surface area (Å²) in [5.41, 5.74) is 2.02. The van der Waals surface area contributed by atoms with Crippen LogP contribution in [0.5, 0.6) is 17.4 Å². The summed E-state index contributed by atoms with van der Waals surface area (Å²) >= 11 is 0. The van der Waals surface area contributed by atoms with E-state index in [4.69, 9.17) is 9.47 Å². The fraction of sp³-hybridized carbons (Fsp3) is 0.0769. The molecule has 0 aliphatic heterocycles. The first-order chi connectivity index (χ1) is 15.3. The first-order valence-electron chi connectivity index (χ1n) is 9.99. The molecular weight excluding hydrogens is 388 g/mol. The molecule has 0 aliphatic carbocycles. The SMILES string of the molecule is O=C(COc1ccc(Oc2ccccn2)cc1)NC(c1ccccc1)c1ccccc1. The minimum atomic E-state index is -0.243. The highest BCUT2D eigenvalue weighted by Crippen LogP contribution is 2.23.